The lowest BCUT2D eigenvalue weighted by molar-refractivity contribution is 0.0706. The topological polar surface area (TPSA) is 61.2 Å². The Hall–Kier alpha value is -2.44. The summed E-state index contributed by atoms with van der Waals surface area (Å²) >= 11 is 0. The number of allylic oxidation sites excluding steroid dienone is 6. The van der Waals surface area contributed by atoms with Crippen LogP contribution in [-0.2, 0) is 9.47 Å². The highest BCUT2D eigenvalue weighted by atomic mass is 16.5. The Kier molecular flexibility index (Phi) is 13.1. The number of hydrogen-bond acceptors (Lipinski definition) is 5. The molecule has 1 aliphatic heterocycles. The van der Waals surface area contributed by atoms with Gasteiger partial charge in [0.05, 0.1) is 24.2 Å². The zero-order chi connectivity index (χ0) is 22.2. The fourth-order valence-corrected chi connectivity index (χ4v) is 2.85. The summed E-state index contributed by atoms with van der Waals surface area (Å²) in [6, 6.07) is 0.547. The maximum atomic E-state index is 5.88. The third-order valence-corrected chi connectivity index (χ3v) is 4.57. The van der Waals surface area contributed by atoms with E-state index in [1.807, 2.05) is 52.8 Å². The highest BCUT2D eigenvalue weighted by Crippen LogP contribution is 2.18. The number of rotatable bonds is 7. The fourth-order valence-electron chi connectivity index (χ4n) is 2.85. The molecule has 1 N–H and O–H groups in total. The van der Waals surface area contributed by atoms with Gasteiger partial charge in [-0.1, -0.05) is 32.6 Å². The third kappa shape index (κ3) is 9.37. The summed E-state index contributed by atoms with van der Waals surface area (Å²) < 4.78 is 13.2. The van der Waals surface area contributed by atoms with Crippen LogP contribution in [0.25, 0.3) is 5.70 Å². The summed E-state index contributed by atoms with van der Waals surface area (Å²) in [4.78, 5) is 3.80. The molecule has 6 heteroatoms. The van der Waals surface area contributed by atoms with Gasteiger partial charge in [-0.2, -0.15) is 5.10 Å². The van der Waals surface area contributed by atoms with Crippen LogP contribution in [0.5, 0.6) is 0 Å². The summed E-state index contributed by atoms with van der Waals surface area (Å²) in [7, 11) is 0. The van der Waals surface area contributed by atoms with Crippen LogP contribution >= 0.6 is 0 Å². The Morgan fingerprint density at radius 3 is 2.63 bits per heavy atom. The van der Waals surface area contributed by atoms with Crippen molar-refractivity contribution in [3.8, 4) is 0 Å². The van der Waals surface area contributed by atoms with Gasteiger partial charge in [0.1, 0.15) is 18.4 Å². The Bertz CT molecular complexity index is 712. The van der Waals surface area contributed by atoms with E-state index in [2.05, 4.69) is 34.1 Å². The maximum Gasteiger partial charge on any atom is 0.138 e. The molecule has 0 radical (unpaired) electrons. The van der Waals surface area contributed by atoms with Crippen LogP contribution in [-0.4, -0.2) is 40.1 Å². The second kappa shape index (κ2) is 15.4. The van der Waals surface area contributed by atoms with Crippen molar-refractivity contribution in [2.24, 2.45) is 0 Å². The molecule has 2 atom stereocenters. The van der Waals surface area contributed by atoms with Gasteiger partial charge in [0.2, 0.25) is 0 Å². The SMILES string of the molecule is C/C=C(\C)OC1=CCC(OC[C@H]2CCCN2)C=C1.C=C/C(=C\C)n1cncn1.CC. The number of aromatic nitrogens is 3. The predicted octanol–water partition coefficient (Wildman–Crippen LogP) is 5.26. The van der Waals surface area contributed by atoms with E-state index < -0.39 is 0 Å². The lowest BCUT2D eigenvalue weighted by atomic mass is 10.1. The molecule has 1 saturated heterocycles. The van der Waals surface area contributed by atoms with Gasteiger partial charge in [-0.15, -0.1) is 0 Å². The molecular formula is C24H38N4O2. The van der Waals surface area contributed by atoms with Crippen LogP contribution in [0.1, 0.15) is 53.9 Å². The number of nitrogens with one attached hydrogen (secondary N) is 1. The first kappa shape index (κ1) is 25.6. The van der Waals surface area contributed by atoms with Crippen molar-refractivity contribution in [2.45, 2.75) is 66.0 Å². The summed E-state index contributed by atoms with van der Waals surface area (Å²) in [5.41, 5.74) is 0.942. The molecule has 2 heterocycles. The lowest BCUT2D eigenvalue weighted by Crippen LogP contribution is -2.29. The monoisotopic (exact) mass is 414 g/mol. The molecular weight excluding hydrogens is 376 g/mol. The van der Waals surface area contributed by atoms with Crippen molar-refractivity contribution in [3.05, 3.63) is 67.2 Å². The Balaban J connectivity index is 0.000000318. The van der Waals surface area contributed by atoms with Crippen molar-refractivity contribution in [1.29, 1.82) is 0 Å². The summed E-state index contributed by atoms with van der Waals surface area (Å²) in [6.07, 6.45) is 18.5. The molecule has 0 aromatic carbocycles. The molecule has 166 valence electrons. The van der Waals surface area contributed by atoms with Gasteiger partial charge in [-0.25, -0.2) is 9.67 Å². The normalized spacial score (nSPS) is 21.0. The molecule has 30 heavy (non-hydrogen) atoms. The molecule has 0 amide bonds. The third-order valence-electron chi connectivity index (χ3n) is 4.57. The van der Waals surface area contributed by atoms with Crippen molar-refractivity contribution in [3.63, 3.8) is 0 Å². The van der Waals surface area contributed by atoms with Crippen LogP contribution in [0, 0.1) is 0 Å². The van der Waals surface area contributed by atoms with Gasteiger partial charge in [0.15, 0.2) is 0 Å². The maximum absolute atomic E-state index is 5.88. The molecule has 0 spiro atoms. The van der Waals surface area contributed by atoms with Gasteiger partial charge in [0, 0.05) is 6.04 Å². The average molecular weight is 415 g/mol. The van der Waals surface area contributed by atoms with Gasteiger partial charge in [-0.3, -0.25) is 0 Å². The smallest absolute Gasteiger partial charge is 0.138 e. The van der Waals surface area contributed by atoms with Crippen LogP contribution in [0.3, 0.4) is 0 Å². The van der Waals surface area contributed by atoms with Crippen LogP contribution in [0.2, 0.25) is 0 Å². The zero-order valence-electron chi connectivity index (χ0n) is 19.2. The minimum atomic E-state index is 0.200. The second-order valence-electron chi connectivity index (χ2n) is 6.63. The minimum Gasteiger partial charge on any atom is -0.463 e. The molecule has 1 aliphatic carbocycles. The molecule has 2 aliphatic rings. The molecule has 3 rings (SSSR count). The lowest BCUT2D eigenvalue weighted by Gasteiger charge is -2.19. The Morgan fingerprint density at radius 2 is 2.13 bits per heavy atom. The molecule has 1 aromatic rings. The van der Waals surface area contributed by atoms with E-state index in [-0.39, 0.29) is 6.10 Å². The largest absolute Gasteiger partial charge is 0.463 e. The van der Waals surface area contributed by atoms with E-state index in [0.29, 0.717) is 6.04 Å². The molecule has 1 fully saturated rings. The van der Waals surface area contributed by atoms with E-state index in [1.54, 1.807) is 17.1 Å². The van der Waals surface area contributed by atoms with Gasteiger partial charge < -0.3 is 14.8 Å². The first-order valence-corrected chi connectivity index (χ1v) is 10.8. The quantitative estimate of drug-likeness (QED) is 0.487. The number of ether oxygens (including phenoxy) is 2. The van der Waals surface area contributed by atoms with Gasteiger partial charge in [0.25, 0.3) is 0 Å². The first-order valence-electron chi connectivity index (χ1n) is 10.8. The van der Waals surface area contributed by atoms with Crippen molar-refractivity contribution in [2.75, 3.05) is 13.2 Å². The predicted molar refractivity (Wildman–Crippen MR) is 125 cm³/mol. The highest BCUT2D eigenvalue weighted by molar-refractivity contribution is 5.53. The molecule has 0 bridgehead atoms. The van der Waals surface area contributed by atoms with Crippen LogP contribution in [0.15, 0.2) is 67.2 Å². The van der Waals surface area contributed by atoms with Crippen molar-refractivity contribution < 1.29 is 9.47 Å². The van der Waals surface area contributed by atoms with E-state index in [0.717, 1.165) is 36.8 Å². The molecule has 6 nitrogen and oxygen atoms in total. The standard InChI is InChI=1S/C15H23NO2.C7H9N3.C2H6/c1-3-12(2)18-15-8-6-14(7-9-15)17-11-13-5-4-10-16-13;1-3-7(4-2)10-6-8-5-9-10;1-2/h3,6,8-9,13-14,16H,4-5,7,10-11H2,1-2H3;3-6H,1H2,2H3;1-2H3/b12-3+;7-4+;/t13-,14?;;/m1../s1. The molecule has 1 unspecified atom stereocenters. The molecule has 0 saturated carbocycles. The van der Waals surface area contributed by atoms with Crippen molar-refractivity contribution in [1.82, 2.24) is 20.1 Å². The number of hydrogen-bond donors (Lipinski definition) is 1. The fraction of sp³-hybridized carbons (Fsp3) is 0.500. The average Bonchev–Trinajstić information content (AvgIpc) is 3.51. The second-order valence-corrected chi connectivity index (χ2v) is 6.63. The van der Waals surface area contributed by atoms with Crippen molar-refractivity contribution >= 4 is 5.70 Å². The summed E-state index contributed by atoms with van der Waals surface area (Å²) in [5, 5.41) is 7.37. The van der Waals surface area contributed by atoms with Crippen LogP contribution in [0.4, 0.5) is 0 Å². The minimum absolute atomic E-state index is 0.200. The summed E-state index contributed by atoms with van der Waals surface area (Å²) in [6.45, 7) is 15.4. The van der Waals surface area contributed by atoms with E-state index in [1.165, 1.54) is 19.2 Å². The molecule has 1 aromatic heterocycles. The van der Waals surface area contributed by atoms with E-state index in [9.17, 15) is 0 Å². The highest BCUT2D eigenvalue weighted by Gasteiger charge is 2.17. The number of nitrogens with zero attached hydrogens (tertiary/aromatic N) is 3. The summed E-state index contributed by atoms with van der Waals surface area (Å²) in [5.74, 6) is 1.85. The van der Waals surface area contributed by atoms with Gasteiger partial charge >= 0.3 is 0 Å². The van der Waals surface area contributed by atoms with E-state index >= 15 is 0 Å². The first-order chi connectivity index (χ1) is 14.7. The van der Waals surface area contributed by atoms with Gasteiger partial charge in [-0.05, 0) is 70.9 Å². The Labute approximate surface area is 182 Å². The zero-order valence-corrected chi connectivity index (χ0v) is 19.2. The van der Waals surface area contributed by atoms with E-state index in [4.69, 9.17) is 9.47 Å². The Morgan fingerprint density at radius 1 is 1.33 bits per heavy atom. The van der Waals surface area contributed by atoms with Crippen LogP contribution < -0.4 is 5.32 Å².